The summed E-state index contributed by atoms with van der Waals surface area (Å²) in [6.45, 7) is 0.296. The van der Waals surface area contributed by atoms with Crippen LogP contribution >= 0.6 is 0 Å². The van der Waals surface area contributed by atoms with Crippen molar-refractivity contribution in [2.75, 3.05) is 0 Å². The van der Waals surface area contributed by atoms with E-state index < -0.39 is 10.0 Å². The fraction of sp³-hybridized carbons (Fsp3) is 0.500. The Labute approximate surface area is 114 Å². The Kier molecular flexibility index (Phi) is 4.56. The molecule has 0 unspecified atom stereocenters. The fourth-order valence-electron chi connectivity index (χ4n) is 2.37. The van der Waals surface area contributed by atoms with Crippen molar-refractivity contribution in [3.8, 4) is 6.07 Å². The second-order valence-electron chi connectivity index (χ2n) is 4.93. The van der Waals surface area contributed by atoms with E-state index in [0.717, 1.165) is 37.7 Å². The van der Waals surface area contributed by atoms with E-state index in [-0.39, 0.29) is 5.25 Å². The number of hydrogen-bond acceptors (Lipinski definition) is 3. The minimum Gasteiger partial charge on any atom is -0.212 e. The normalized spacial score (nSPS) is 17.0. The second-order valence-corrected chi connectivity index (χ2v) is 6.98. The van der Waals surface area contributed by atoms with Crippen molar-refractivity contribution in [3.63, 3.8) is 0 Å². The van der Waals surface area contributed by atoms with E-state index in [1.807, 2.05) is 6.07 Å². The molecule has 102 valence electrons. The van der Waals surface area contributed by atoms with Gasteiger partial charge in [-0.1, -0.05) is 31.4 Å². The molecule has 2 rings (SSSR count). The smallest absolute Gasteiger partial charge is 0.212 e. The van der Waals surface area contributed by atoms with Crippen LogP contribution in [0.5, 0.6) is 0 Å². The number of sulfonamides is 1. The minimum absolute atomic E-state index is 0.236. The predicted molar refractivity (Wildman–Crippen MR) is 73.8 cm³/mol. The van der Waals surface area contributed by atoms with Gasteiger partial charge in [0.05, 0.1) is 16.9 Å². The molecule has 1 aliphatic carbocycles. The van der Waals surface area contributed by atoms with E-state index in [4.69, 9.17) is 5.26 Å². The molecule has 0 bridgehead atoms. The third-order valence-corrected chi connectivity index (χ3v) is 5.45. The molecule has 0 amide bonds. The molecule has 0 aliphatic heterocycles. The average molecular weight is 278 g/mol. The standard InChI is InChI=1S/C14H18N2O2S/c15-10-12-6-8-13(9-7-12)11-16-19(17,18)14-4-2-1-3-5-14/h6-9,14,16H,1-5,11H2. The molecule has 1 aromatic rings. The third-order valence-electron chi connectivity index (χ3n) is 3.55. The van der Waals surface area contributed by atoms with E-state index in [1.54, 1.807) is 24.3 Å². The zero-order valence-electron chi connectivity index (χ0n) is 10.8. The van der Waals surface area contributed by atoms with Gasteiger partial charge in [-0.3, -0.25) is 0 Å². The molecular weight excluding hydrogens is 260 g/mol. The highest BCUT2D eigenvalue weighted by Gasteiger charge is 2.26. The Balaban J connectivity index is 1.95. The molecule has 19 heavy (non-hydrogen) atoms. The molecule has 1 N–H and O–H groups in total. The highest BCUT2D eigenvalue weighted by Crippen LogP contribution is 2.23. The number of nitrogens with one attached hydrogen (secondary N) is 1. The largest absolute Gasteiger partial charge is 0.214 e. The molecule has 1 aromatic carbocycles. The first-order valence-electron chi connectivity index (χ1n) is 6.59. The molecule has 5 heteroatoms. The van der Waals surface area contributed by atoms with Crippen molar-refractivity contribution >= 4 is 10.0 Å². The van der Waals surface area contributed by atoms with Gasteiger partial charge in [-0.15, -0.1) is 0 Å². The number of nitriles is 1. The van der Waals surface area contributed by atoms with Crippen LogP contribution < -0.4 is 4.72 Å². The molecule has 1 fully saturated rings. The lowest BCUT2D eigenvalue weighted by atomic mass is 10.0. The van der Waals surface area contributed by atoms with Crippen LogP contribution in [0, 0.1) is 11.3 Å². The summed E-state index contributed by atoms with van der Waals surface area (Å²) < 4.78 is 26.9. The maximum atomic E-state index is 12.1. The van der Waals surface area contributed by atoms with E-state index in [0.29, 0.717) is 12.1 Å². The first kappa shape index (κ1) is 14.0. The van der Waals surface area contributed by atoms with Gasteiger partial charge in [-0.05, 0) is 30.5 Å². The summed E-state index contributed by atoms with van der Waals surface area (Å²) in [6, 6.07) is 9.00. The number of benzene rings is 1. The van der Waals surface area contributed by atoms with Gasteiger partial charge in [0.1, 0.15) is 0 Å². The highest BCUT2D eigenvalue weighted by molar-refractivity contribution is 7.90. The fourth-order valence-corrected chi connectivity index (χ4v) is 3.93. The third kappa shape index (κ3) is 3.79. The van der Waals surface area contributed by atoms with Crippen LogP contribution in [0.15, 0.2) is 24.3 Å². The Morgan fingerprint density at radius 1 is 1.16 bits per heavy atom. The molecule has 1 aliphatic rings. The Morgan fingerprint density at radius 2 is 1.79 bits per heavy atom. The maximum absolute atomic E-state index is 12.1. The van der Waals surface area contributed by atoms with E-state index in [1.165, 1.54) is 0 Å². The second kappa shape index (κ2) is 6.18. The SMILES string of the molecule is N#Cc1ccc(CNS(=O)(=O)C2CCCCC2)cc1. The average Bonchev–Trinajstić information content (AvgIpc) is 2.47. The summed E-state index contributed by atoms with van der Waals surface area (Å²) in [4.78, 5) is 0. The van der Waals surface area contributed by atoms with Gasteiger partial charge < -0.3 is 0 Å². The van der Waals surface area contributed by atoms with Crippen LogP contribution in [0.2, 0.25) is 0 Å². The monoisotopic (exact) mass is 278 g/mol. The number of hydrogen-bond donors (Lipinski definition) is 1. The molecule has 4 nitrogen and oxygen atoms in total. The van der Waals surface area contributed by atoms with E-state index in [9.17, 15) is 8.42 Å². The Bertz CT molecular complexity index is 552. The summed E-state index contributed by atoms with van der Waals surface area (Å²) in [7, 11) is -3.21. The first-order chi connectivity index (χ1) is 9.12. The zero-order valence-corrected chi connectivity index (χ0v) is 11.6. The van der Waals surface area contributed by atoms with Crippen molar-refractivity contribution < 1.29 is 8.42 Å². The maximum Gasteiger partial charge on any atom is 0.214 e. The lowest BCUT2D eigenvalue weighted by Crippen LogP contribution is -2.35. The van der Waals surface area contributed by atoms with Gasteiger partial charge in [-0.2, -0.15) is 5.26 Å². The van der Waals surface area contributed by atoms with Crippen molar-refractivity contribution in [2.45, 2.75) is 43.9 Å². The predicted octanol–water partition coefficient (Wildman–Crippen LogP) is 2.31. The van der Waals surface area contributed by atoms with Gasteiger partial charge in [0.15, 0.2) is 0 Å². The Morgan fingerprint density at radius 3 is 2.37 bits per heavy atom. The van der Waals surface area contributed by atoms with Crippen molar-refractivity contribution in [1.29, 1.82) is 5.26 Å². The van der Waals surface area contributed by atoms with Crippen LogP contribution in [0.1, 0.15) is 43.2 Å². The van der Waals surface area contributed by atoms with Crippen LogP contribution in [-0.2, 0) is 16.6 Å². The quantitative estimate of drug-likeness (QED) is 0.918. The van der Waals surface area contributed by atoms with Gasteiger partial charge >= 0.3 is 0 Å². The number of nitrogens with zero attached hydrogens (tertiary/aromatic N) is 1. The molecule has 0 saturated heterocycles. The van der Waals surface area contributed by atoms with Crippen molar-refractivity contribution in [1.82, 2.24) is 4.72 Å². The van der Waals surface area contributed by atoms with E-state index in [2.05, 4.69) is 4.72 Å². The molecule has 0 aromatic heterocycles. The summed E-state index contributed by atoms with van der Waals surface area (Å²) in [5.74, 6) is 0. The molecular formula is C14H18N2O2S. The van der Waals surface area contributed by atoms with E-state index >= 15 is 0 Å². The Hall–Kier alpha value is -1.38. The summed E-state index contributed by atoms with van der Waals surface area (Å²) in [6.07, 6.45) is 4.68. The van der Waals surface area contributed by atoms with Gasteiger partial charge in [0.2, 0.25) is 10.0 Å². The molecule has 0 spiro atoms. The zero-order chi connectivity index (χ0) is 13.7. The van der Waals surface area contributed by atoms with Crippen LogP contribution in [0.4, 0.5) is 0 Å². The van der Waals surface area contributed by atoms with Crippen LogP contribution in [0.25, 0.3) is 0 Å². The summed E-state index contributed by atoms with van der Waals surface area (Å²) >= 11 is 0. The first-order valence-corrected chi connectivity index (χ1v) is 8.14. The van der Waals surface area contributed by atoms with Gasteiger partial charge in [-0.25, -0.2) is 13.1 Å². The van der Waals surface area contributed by atoms with Crippen molar-refractivity contribution in [3.05, 3.63) is 35.4 Å². The van der Waals surface area contributed by atoms with Crippen molar-refractivity contribution in [2.24, 2.45) is 0 Å². The molecule has 0 heterocycles. The number of rotatable bonds is 4. The summed E-state index contributed by atoms with van der Waals surface area (Å²) in [5.41, 5.74) is 1.46. The van der Waals surface area contributed by atoms with Gasteiger partial charge in [0.25, 0.3) is 0 Å². The van der Waals surface area contributed by atoms with Crippen LogP contribution in [-0.4, -0.2) is 13.7 Å². The lowest BCUT2D eigenvalue weighted by molar-refractivity contribution is 0.477. The van der Waals surface area contributed by atoms with Crippen LogP contribution in [0.3, 0.4) is 0 Å². The topological polar surface area (TPSA) is 70.0 Å². The lowest BCUT2D eigenvalue weighted by Gasteiger charge is -2.22. The molecule has 0 atom stereocenters. The minimum atomic E-state index is -3.21. The van der Waals surface area contributed by atoms with Gasteiger partial charge in [0, 0.05) is 6.54 Å². The molecule has 1 saturated carbocycles. The summed E-state index contributed by atoms with van der Waals surface area (Å²) in [5, 5.41) is 8.46. The highest BCUT2D eigenvalue weighted by atomic mass is 32.2. The molecule has 0 radical (unpaired) electrons.